The highest BCUT2D eigenvalue weighted by molar-refractivity contribution is 14.1. The molecule has 0 atom stereocenters. The van der Waals surface area contributed by atoms with Crippen LogP contribution in [0.5, 0.6) is 11.5 Å². The maximum Gasteiger partial charge on any atom is 0.174 e. The summed E-state index contributed by atoms with van der Waals surface area (Å²) in [6.45, 7) is 7.75. The van der Waals surface area contributed by atoms with Crippen molar-refractivity contribution in [3.05, 3.63) is 115 Å². The van der Waals surface area contributed by atoms with Crippen LogP contribution in [0.25, 0.3) is 0 Å². The standard InChI is InChI=1S/C37H38INO4/c1-4-42-33-20-27(19-28(38)37(33)43-22-26-17-16-23(2)24(3)18-26)34-35-29(12-8-14-31(35)40)39(21-25-10-6-5-7-11-25)30-13-9-15-32(41)36(30)34/h5-7,10-11,16-20,34H,4,8-9,12-15,21-22H2,1-3H3. The van der Waals surface area contributed by atoms with Gasteiger partial charge in [-0.3, -0.25) is 9.59 Å². The Hall–Kier alpha value is -3.39. The summed E-state index contributed by atoms with van der Waals surface area (Å²) in [6, 6.07) is 20.8. The minimum Gasteiger partial charge on any atom is -0.490 e. The number of hydrogen-bond donors (Lipinski definition) is 0. The highest BCUT2D eigenvalue weighted by Gasteiger charge is 2.43. The summed E-state index contributed by atoms with van der Waals surface area (Å²) in [6.07, 6.45) is 4.36. The van der Waals surface area contributed by atoms with Gasteiger partial charge >= 0.3 is 0 Å². The number of halogens is 1. The Bertz CT molecular complexity index is 1590. The van der Waals surface area contributed by atoms with Crippen molar-refractivity contribution in [2.45, 2.75) is 78.4 Å². The van der Waals surface area contributed by atoms with Gasteiger partial charge in [-0.15, -0.1) is 0 Å². The SMILES string of the molecule is CCOc1cc(C2C3=C(CCCC3=O)N(Cc3ccccc3)C3=C2C(=O)CCC3)cc(I)c1OCc1ccc(C)c(C)c1. The Kier molecular flexibility index (Phi) is 8.75. The quantitative estimate of drug-likeness (QED) is 0.223. The lowest BCUT2D eigenvalue weighted by Crippen LogP contribution is -2.38. The van der Waals surface area contributed by atoms with Gasteiger partial charge in [0.2, 0.25) is 0 Å². The molecule has 0 unspecified atom stereocenters. The molecule has 222 valence electrons. The van der Waals surface area contributed by atoms with E-state index in [-0.39, 0.29) is 17.5 Å². The van der Waals surface area contributed by atoms with Crippen LogP contribution in [-0.2, 0) is 22.7 Å². The van der Waals surface area contributed by atoms with Crippen LogP contribution in [0.1, 0.15) is 79.2 Å². The van der Waals surface area contributed by atoms with E-state index in [1.165, 1.54) is 16.7 Å². The first-order valence-electron chi connectivity index (χ1n) is 15.3. The predicted octanol–water partition coefficient (Wildman–Crippen LogP) is 8.50. The molecular weight excluding hydrogens is 649 g/mol. The Morgan fingerprint density at radius 1 is 0.791 bits per heavy atom. The average Bonchev–Trinajstić information content (AvgIpc) is 2.99. The molecule has 3 aliphatic rings. The molecule has 0 fully saturated rings. The summed E-state index contributed by atoms with van der Waals surface area (Å²) in [7, 11) is 0. The van der Waals surface area contributed by atoms with Gasteiger partial charge in [0.1, 0.15) is 6.61 Å². The van der Waals surface area contributed by atoms with Crippen molar-refractivity contribution in [1.82, 2.24) is 4.90 Å². The molecule has 3 aromatic carbocycles. The van der Waals surface area contributed by atoms with E-state index >= 15 is 0 Å². The van der Waals surface area contributed by atoms with E-state index in [4.69, 9.17) is 9.47 Å². The number of ketones is 2. The second-order valence-corrected chi connectivity index (χ2v) is 12.9. The zero-order valence-electron chi connectivity index (χ0n) is 25.2. The normalized spacial score (nSPS) is 17.3. The average molecular weight is 688 g/mol. The van der Waals surface area contributed by atoms with E-state index in [1.54, 1.807) is 0 Å². The minimum atomic E-state index is -0.390. The first-order chi connectivity index (χ1) is 20.9. The number of nitrogens with zero attached hydrogens (tertiary/aromatic N) is 1. The maximum atomic E-state index is 13.8. The fourth-order valence-corrected chi connectivity index (χ4v) is 7.49. The first-order valence-corrected chi connectivity index (χ1v) is 16.4. The van der Waals surface area contributed by atoms with Crippen LogP contribution in [0.2, 0.25) is 0 Å². The van der Waals surface area contributed by atoms with Gasteiger partial charge in [0.25, 0.3) is 0 Å². The monoisotopic (exact) mass is 687 g/mol. The van der Waals surface area contributed by atoms with E-state index < -0.39 is 0 Å². The highest BCUT2D eigenvalue weighted by atomic mass is 127. The van der Waals surface area contributed by atoms with E-state index in [1.807, 2.05) is 31.2 Å². The molecule has 1 heterocycles. The largest absolute Gasteiger partial charge is 0.490 e. The third kappa shape index (κ3) is 5.91. The van der Waals surface area contributed by atoms with Crippen molar-refractivity contribution < 1.29 is 19.1 Å². The van der Waals surface area contributed by atoms with Gasteiger partial charge in [0, 0.05) is 47.8 Å². The van der Waals surface area contributed by atoms with E-state index in [2.05, 4.69) is 77.7 Å². The lowest BCUT2D eigenvalue weighted by molar-refractivity contribution is -0.117. The van der Waals surface area contributed by atoms with Crippen molar-refractivity contribution in [1.29, 1.82) is 0 Å². The van der Waals surface area contributed by atoms with Crippen LogP contribution >= 0.6 is 22.6 Å². The number of ether oxygens (including phenoxy) is 2. The number of carbonyl (C=O) groups is 2. The third-order valence-electron chi connectivity index (χ3n) is 8.89. The van der Waals surface area contributed by atoms with E-state index in [0.717, 1.165) is 62.9 Å². The summed E-state index contributed by atoms with van der Waals surface area (Å²) >= 11 is 2.31. The van der Waals surface area contributed by atoms with Gasteiger partial charge in [-0.1, -0.05) is 48.5 Å². The topological polar surface area (TPSA) is 55.8 Å². The smallest absolute Gasteiger partial charge is 0.174 e. The number of aryl methyl sites for hydroxylation is 2. The van der Waals surface area contributed by atoms with E-state index in [9.17, 15) is 9.59 Å². The number of carbonyl (C=O) groups excluding carboxylic acids is 2. The summed E-state index contributed by atoms with van der Waals surface area (Å²) < 4.78 is 13.5. The number of allylic oxidation sites excluding steroid dienone is 4. The van der Waals surface area contributed by atoms with Crippen molar-refractivity contribution in [3.8, 4) is 11.5 Å². The van der Waals surface area contributed by atoms with Gasteiger partial charge in [0.05, 0.1) is 10.2 Å². The molecule has 43 heavy (non-hydrogen) atoms. The first kappa shape index (κ1) is 29.7. The molecule has 0 radical (unpaired) electrons. The van der Waals surface area contributed by atoms with Crippen molar-refractivity contribution in [3.63, 3.8) is 0 Å². The van der Waals surface area contributed by atoms with Gasteiger partial charge in [-0.2, -0.15) is 0 Å². The second kappa shape index (κ2) is 12.7. The predicted molar refractivity (Wildman–Crippen MR) is 177 cm³/mol. The fourth-order valence-electron chi connectivity index (χ4n) is 6.71. The van der Waals surface area contributed by atoms with Gasteiger partial charge < -0.3 is 14.4 Å². The molecule has 2 aliphatic carbocycles. The molecule has 0 saturated carbocycles. The maximum absolute atomic E-state index is 13.8. The zero-order valence-corrected chi connectivity index (χ0v) is 27.3. The van der Waals surface area contributed by atoms with Crippen LogP contribution < -0.4 is 9.47 Å². The molecule has 3 aromatic rings. The van der Waals surface area contributed by atoms with Crippen molar-refractivity contribution in [2.24, 2.45) is 0 Å². The number of rotatable bonds is 8. The van der Waals surface area contributed by atoms with Crippen molar-refractivity contribution >= 4 is 34.2 Å². The van der Waals surface area contributed by atoms with Crippen LogP contribution in [0.15, 0.2) is 83.2 Å². The summed E-state index contributed by atoms with van der Waals surface area (Å²) in [4.78, 5) is 29.9. The molecule has 0 spiro atoms. The van der Waals surface area contributed by atoms with Crippen LogP contribution in [-0.4, -0.2) is 23.1 Å². The lowest BCUT2D eigenvalue weighted by atomic mass is 9.71. The van der Waals surface area contributed by atoms with Gasteiger partial charge in [-0.25, -0.2) is 0 Å². The molecule has 6 rings (SSSR count). The summed E-state index contributed by atoms with van der Waals surface area (Å²) in [5, 5.41) is 0. The van der Waals surface area contributed by atoms with Crippen molar-refractivity contribution in [2.75, 3.05) is 6.61 Å². The zero-order chi connectivity index (χ0) is 30.1. The van der Waals surface area contributed by atoms with Gasteiger partial charge in [-0.05, 0) is 109 Å². The Balaban J connectivity index is 1.44. The van der Waals surface area contributed by atoms with Crippen LogP contribution in [0.4, 0.5) is 0 Å². The molecule has 0 N–H and O–H groups in total. The molecule has 0 saturated heterocycles. The highest BCUT2D eigenvalue weighted by Crippen LogP contribution is 2.51. The number of benzene rings is 3. The minimum absolute atomic E-state index is 0.150. The third-order valence-corrected chi connectivity index (χ3v) is 9.69. The Labute approximate surface area is 268 Å². The molecule has 0 amide bonds. The number of hydrogen-bond acceptors (Lipinski definition) is 5. The van der Waals surface area contributed by atoms with Crippen LogP contribution in [0.3, 0.4) is 0 Å². The lowest BCUT2D eigenvalue weighted by Gasteiger charge is -2.44. The molecule has 0 bridgehead atoms. The second-order valence-electron chi connectivity index (χ2n) is 11.7. The summed E-state index contributed by atoms with van der Waals surface area (Å²) in [5.74, 6) is 1.25. The fraction of sp³-hybridized carbons (Fsp3) is 0.351. The molecule has 5 nitrogen and oxygen atoms in total. The molecule has 0 aromatic heterocycles. The molecular formula is C37H38INO4. The van der Waals surface area contributed by atoms with Crippen LogP contribution in [0, 0.1) is 17.4 Å². The Morgan fingerprint density at radius 2 is 1.47 bits per heavy atom. The number of Topliss-reactive ketones (excluding diaryl/α,β-unsaturated/α-hetero) is 2. The summed E-state index contributed by atoms with van der Waals surface area (Å²) in [5.41, 5.74) is 9.44. The van der Waals surface area contributed by atoms with Gasteiger partial charge in [0.15, 0.2) is 23.1 Å². The molecule has 6 heteroatoms. The molecule has 1 aliphatic heterocycles. The Morgan fingerprint density at radius 3 is 2.09 bits per heavy atom. The van der Waals surface area contributed by atoms with E-state index in [0.29, 0.717) is 44.1 Å².